The highest BCUT2D eigenvalue weighted by molar-refractivity contribution is 5.79. The van der Waals surface area contributed by atoms with Gasteiger partial charge in [-0.05, 0) is 86.9 Å². The molecule has 23 heavy (non-hydrogen) atoms. The van der Waals surface area contributed by atoms with Gasteiger partial charge in [0, 0.05) is 5.92 Å². The van der Waals surface area contributed by atoms with Gasteiger partial charge in [-0.15, -0.1) is 0 Å². The maximum absolute atomic E-state index is 12.2. The Hall–Kier alpha value is -0.630. The minimum Gasteiger partial charge on any atom is -0.393 e. The van der Waals surface area contributed by atoms with E-state index in [0.717, 1.165) is 43.4 Å². The number of carbonyl (C=O) groups is 1. The molecule has 128 valence electrons. The summed E-state index contributed by atoms with van der Waals surface area (Å²) in [6, 6.07) is 0. The van der Waals surface area contributed by atoms with E-state index in [-0.39, 0.29) is 11.5 Å². The van der Waals surface area contributed by atoms with Crippen LogP contribution in [0.5, 0.6) is 0 Å². The van der Waals surface area contributed by atoms with Crippen molar-refractivity contribution in [2.75, 3.05) is 0 Å². The number of aliphatic hydroxyl groups excluding tert-OH is 1. The molecule has 3 fully saturated rings. The van der Waals surface area contributed by atoms with Crippen LogP contribution in [0.3, 0.4) is 0 Å². The Morgan fingerprint density at radius 3 is 2.65 bits per heavy atom. The van der Waals surface area contributed by atoms with Crippen molar-refractivity contribution in [2.24, 2.45) is 34.5 Å². The second kappa shape index (κ2) is 5.18. The summed E-state index contributed by atoms with van der Waals surface area (Å²) >= 11 is 0. The Balaban J connectivity index is 1.66. The largest absolute Gasteiger partial charge is 0.393 e. The number of allylic oxidation sites excluding steroid dienone is 1. The monoisotopic (exact) mass is 316 g/mol. The molecule has 7 atom stereocenters. The number of hydrogen-bond acceptors (Lipinski definition) is 2. The van der Waals surface area contributed by atoms with Gasteiger partial charge in [-0.1, -0.05) is 25.5 Å². The fourth-order valence-electron chi connectivity index (χ4n) is 7.31. The van der Waals surface area contributed by atoms with Gasteiger partial charge in [-0.2, -0.15) is 0 Å². The lowest BCUT2D eigenvalue weighted by molar-refractivity contribution is -0.127. The summed E-state index contributed by atoms with van der Waals surface area (Å²) in [7, 11) is 0. The minimum atomic E-state index is -0.117. The van der Waals surface area contributed by atoms with Crippen molar-refractivity contribution in [3.63, 3.8) is 0 Å². The molecular weight excluding hydrogens is 284 g/mol. The van der Waals surface area contributed by atoms with Gasteiger partial charge in [0.2, 0.25) is 0 Å². The van der Waals surface area contributed by atoms with E-state index in [1.165, 1.54) is 25.7 Å². The van der Waals surface area contributed by atoms with Crippen molar-refractivity contribution in [3.05, 3.63) is 11.6 Å². The van der Waals surface area contributed by atoms with Crippen molar-refractivity contribution in [1.82, 2.24) is 0 Å². The van der Waals surface area contributed by atoms with Gasteiger partial charge in [0.1, 0.15) is 5.78 Å². The van der Waals surface area contributed by atoms with E-state index in [1.807, 2.05) is 6.92 Å². The van der Waals surface area contributed by atoms with Crippen LogP contribution in [-0.2, 0) is 4.79 Å². The number of ketones is 1. The smallest absolute Gasteiger partial charge is 0.133 e. The van der Waals surface area contributed by atoms with E-state index in [9.17, 15) is 9.90 Å². The van der Waals surface area contributed by atoms with E-state index in [4.69, 9.17) is 0 Å². The third-order valence-corrected chi connectivity index (χ3v) is 8.57. The highest BCUT2D eigenvalue weighted by atomic mass is 16.3. The summed E-state index contributed by atoms with van der Waals surface area (Å²) < 4.78 is 0. The van der Waals surface area contributed by atoms with Crippen molar-refractivity contribution in [2.45, 2.75) is 78.2 Å². The molecule has 4 aliphatic carbocycles. The van der Waals surface area contributed by atoms with E-state index in [2.05, 4.69) is 19.9 Å². The molecule has 0 aromatic rings. The topological polar surface area (TPSA) is 37.3 Å². The van der Waals surface area contributed by atoms with Crippen LogP contribution in [0.15, 0.2) is 11.6 Å². The standard InChI is InChI=1S/C21H32O2/c1-13(22)17-6-7-18-16-5-4-14-12-15(23)8-10-20(14,2)19(16)9-11-21(17,18)3/h4,15-19,23H,5-12H2,1-3H3/t15?,16-,17?,18-,19-,20-,21+/m0/s1. The summed E-state index contributed by atoms with van der Waals surface area (Å²) in [4.78, 5) is 12.2. The summed E-state index contributed by atoms with van der Waals surface area (Å²) in [6.45, 7) is 6.70. The molecule has 3 saturated carbocycles. The quantitative estimate of drug-likeness (QED) is 0.722. The molecule has 2 nitrogen and oxygen atoms in total. The van der Waals surface area contributed by atoms with Crippen LogP contribution in [0.2, 0.25) is 0 Å². The fourth-order valence-corrected chi connectivity index (χ4v) is 7.31. The van der Waals surface area contributed by atoms with Crippen LogP contribution in [0.4, 0.5) is 0 Å². The third kappa shape index (κ3) is 2.13. The molecule has 0 amide bonds. The van der Waals surface area contributed by atoms with Gasteiger partial charge < -0.3 is 5.11 Å². The lowest BCUT2D eigenvalue weighted by Crippen LogP contribution is -2.50. The van der Waals surface area contributed by atoms with E-state index < -0.39 is 0 Å². The molecule has 0 aromatic heterocycles. The van der Waals surface area contributed by atoms with Gasteiger partial charge in [0.05, 0.1) is 6.10 Å². The van der Waals surface area contributed by atoms with Crippen molar-refractivity contribution >= 4 is 5.78 Å². The van der Waals surface area contributed by atoms with Crippen LogP contribution >= 0.6 is 0 Å². The molecular formula is C21H32O2. The summed E-state index contributed by atoms with van der Waals surface area (Å²) in [5.74, 6) is 3.00. The molecule has 1 N–H and O–H groups in total. The normalized spacial score (nSPS) is 52.2. The average Bonchev–Trinajstić information content (AvgIpc) is 2.85. The zero-order chi connectivity index (χ0) is 16.4. The van der Waals surface area contributed by atoms with Crippen molar-refractivity contribution in [3.8, 4) is 0 Å². The Kier molecular flexibility index (Phi) is 3.58. The summed E-state index contributed by atoms with van der Waals surface area (Å²) in [5.41, 5.74) is 2.11. The highest BCUT2D eigenvalue weighted by Gasteiger charge is 2.59. The van der Waals surface area contributed by atoms with E-state index >= 15 is 0 Å². The SMILES string of the molecule is CC(=O)C1CC[C@H]2[C@@H]3CC=C4CC(O)CC[C@]4(C)[C@H]3CC[C@]12C. The van der Waals surface area contributed by atoms with Crippen LogP contribution < -0.4 is 0 Å². The second-order valence-electron chi connectivity index (χ2n) is 9.44. The predicted octanol–water partition coefficient (Wildman–Crippen LogP) is 4.52. The zero-order valence-corrected chi connectivity index (χ0v) is 15.0. The van der Waals surface area contributed by atoms with Crippen molar-refractivity contribution < 1.29 is 9.90 Å². The molecule has 4 rings (SSSR count). The van der Waals surface area contributed by atoms with Crippen LogP contribution in [-0.4, -0.2) is 17.0 Å². The highest BCUT2D eigenvalue weighted by Crippen LogP contribution is 2.66. The average molecular weight is 316 g/mol. The second-order valence-corrected chi connectivity index (χ2v) is 9.44. The maximum atomic E-state index is 12.2. The Morgan fingerprint density at radius 2 is 1.91 bits per heavy atom. The van der Waals surface area contributed by atoms with Gasteiger partial charge in [-0.3, -0.25) is 4.79 Å². The predicted molar refractivity (Wildman–Crippen MR) is 91.9 cm³/mol. The first-order valence-corrected chi connectivity index (χ1v) is 9.74. The Morgan fingerprint density at radius 1 is 1.13 bits per heavy atom. The van der Waals surface area contributed by atoms with Gasteiger partial charge >= 0.3 is 0 Å². The third-order valence-electron chi connectivity index (χ3n) is 8.57. The molecule has 0 aromatic carbocycles. The Labute approximate surface area is 140 Å². The molecule has 4 aliphatic rings. The molecule has 2 heteroatoms. The van der Waals surface area contributed by atoms with Crippen LogP contribution in [0.25, 0.3) is 0 Å². The van der Waals surface area contributed by atoms with Gasteiger partial charge in [0.15, 0.2) is 0 Å². The lowest BCUT2D eigenvalue weighted by atomic mass is 9.47. The molecule has 0 spiro atoms. The molecule has 0 aliphatic heterocycles. The number of aliphatic hydroxyl groups is 1. The fraction of sp³-hybridized carbons (Fsp3) is 0.857. The van der Waals surface area contributed by atoms with E-state index in [1.54, 1.807) is 5.57 Å². The Bertz CT molecular complexity index is 550. The number of hydrogen-bond donors (Lipinski definition) is 1. The molecule has 0 heterocycles. The molecule has 0 bridgehead atoms. The first kappa shape index (κ1) is 15.9. The summed E-state index contributed by atoms with van der Waals surface area (Å²) in [6.07, 6.45) is 11.5. The van der Waals surface area contributed by atoms with E-state index in [0.29, 0.717) is 17.1 Å². The number of fused-ring (bicyclic) bond motifs is 5. The number of rotatable bonds is 1. The van der Waals surface area contributed by atoms with Gasteiger partial charge in [-0.25, -0.2) is 0 Å². The lowest BCUT2D eigenvalue weighted by Gasteiger charge is -2.57. The maximum Gasteiger partial charge on any atom is 0.133 e. The molecule has 0 radical (unpaired) electrons. The number of Topliss-reactive ketones (excluding diaryl/α,β-unsaturated/α-hetero) is 1. The first-order valence-electron chi connectivity index (χ1n) is 9.74. The molecule has 2 unspecified atom stereocenters. The van der Waals surface area contributed by atoms with Crippen LogP contribution in [0, 0.1) is 34.5 Å². The van der Waals surface area contributed by atoms with Crippen molar-refractivity contribution in [1.29, 1.82) is 0 Å². The number of carbonyl (C=O) groups excluding carboxylic acids is 1. The first-order chi connectivity index (χ1) is 10.9. The van der Waals surface area contributed by atoms with Crippen LogP contribution in [0.1, 0.15) is 72.1 Å². The molecule has 0 saturated heterocycles. The van der Waals surface area contributed by atoms with Gasteiger partial charge in [0.25, 0.3) is 0 Å². The summed E-state index contributed by atoms with van der Waals surface area (Å²) in [5, 5.41) is 10.1. The zero-order valence-electron chi connectivity index (χ0n) is 15.0. The minimum absolute atomic E-state index is 0.117.